The van der Waals surface area contributed by atoms with E-state index in [0.717, 1.165) is 67.6 Å². The van der Waals surface area contributed by atoms with E-state index in [2.05, 4.69) is 97.1 Å². The maximum Gasteiger partial charge on any atom is 0.0781 e. The van der Waals surface area contributed by atoms with E-state index in [-0.39, 0.29) is 0 Å². The average Bonchev–Trinajstić information content (AvgIpc) is 3.17. The second-order valence-corrected chi connectivity index (χ2v) is 11.3. The molecule has 0 N–H and O–H groups in total. The van der Waals surface area contributed by atoms with Gasteiger partial charge in [-0.3, -0.25) is 0 Å². The fourth-order valence-corrected chi connectivity index (χ4v) is 5.55. The molecular weight excluding hydrogens is 583 g/mol. The van der Waals surface area contributed by atoms with E-state index in [1.54, 1.807) is 0 Å². The summed E-state index contributed by atoms with van der Waals surface area (Å²) in [6.45, 7) is 0. The Morgan fingerprint density at radius 3 is 0.688 bits per heavy atom. The maximum atomic E-state index is 5.18. The Labute approximate surface area is 282 Å². The smallest absolute Gasteiger partial charge is 0.0781 e. The summed E-state index contributed by atoms with van der Waals surface area (Å²) in [5.41, 5.74) is 11.7. The molecule has 0 radical (unpaired) electrons. The molecule has 3 heteroatoms. The molecule has 0 aliphatic carbocycles. The van der Waals surface area contributed by atoms with Gasteiger partial charge < -0.3 is 0 Å². The molecule has 0 amide bonds. The summed E-state index contributed by atoms with van der Waals surface area (Å²) in [6.07, 6.45) is 0. The lowest BCUT2D eigenvalue weighted by atomic mass is 10.0. The van der Waals surface area contributed by atoms with Crippen molar-refractivity contribution in [1.29, 1.82) is 0 Å². The Kier molecular flexibility index (Phi) is 9.29. The molecule has 0 saturated heterocycles. The highest BCUT2D eigenvalue weighted by Gasteiger charge is 2.11. The first-order chi connectivity index (χ1) is 23.8. The molecule has 0 fully saturated rings. The van der Waals surface area contributed by atoms with Gasteiger partial charge >= 0.3 is 0 Å². The third-order valence-corrected chi connectivity index (χ3v) is 7.95. The van der Waals surface area contributed by atoms with Gasteiger partial charge in [-0.15, -0.1) is 0 Å². The standard InChI is InChI=1S/C45H33N3/c1-6-16-34(17-7-1)43(35-18-8-2-9-19-35)47-41-30-28-39(29-31-41)45(37-22-12-4-13-23-37)48-42-32-26-38(27-33-42)44(36-20-10-3-11-21-36)46-40-24-14-5-15-25-40/h1-33H. The topological polar surface area (TPSA) is 37.1 Å². The molecule has 0 unspecified atom stereocenters. The molecule has 7 aromatic rings. The SMILES string of the molecule is c1ccc(N=C(c2ccccc2)c2ccc(N=C(c3ccccc3)c3ccc(N=C(c4ccccc4)c4ccccc4)cc3)cc2)cc1. The van der Waals surface area contributed by atoms with Crippen LogP contribution in [-0.4, -0.2) is 17.1 Å². The zero-order valence-corrected chi connectivity index (χ0v) is 26.4. The summed E-state index contributed by atoms with van der Waals surface area (Å²) in [7, 11) is 0. The molecular formula is C45H33N3. The van der Waals surface area contributed by atoms with Gasteiger partial charge in [-0.05, 0) is 36.4 Å². The highest BCUT2D eigenvalue weighted by atomic mass is 14.8. The lowest BCUT2D eigenvalue weighted by Gasteiger charge is -2.11. The number of rotatable bonds is 9. The van der Waals surface area contributed by atoms with Crippen LogP contribution in [0.2, 0.25) is 0 Å². The van der Waals surface area contributed by atoms with Crippen molar-refractivity contribution < 1.29 is 0 Å². The van der Waals surface area contributed by atoms with Crippen LogP contribution in [0.3, 0.4) is 0 Å². The molecule has 7 aromatic carbocycles. The minimum atomic E-state index is 0.863. The lowest BCUT2D eigenvalue weighted by Crippen LogP contribution is -2.04. The summed E-state index contributed by atoms with van der Waals surface area (Å²) >= 11 is 0. The summed E-state index contributed by atoms with van der Waals surface area (Å²) in [4.78, 5) is 15.3. The highest BCUT2D eigenvalue weighted by molar-refractivity contribution is 6.16. The van der Waals surface area contributed by atoms with Crippen LogP contribution in [0, 0.1) is 0 Å². The third kappa shape index (κ3) is 7.33. The monoisotopic (exact) mass is 615 g/mol. The van der Waals surface area contributed by atoms with Crippen molar-refractivity contribution in [2.75, 3.05) is 0 Å². The highest BCUT2D eigenvalue weighted by Crippen LogP contribution is 2.25. The van der Waals surface area contributed by atoms with Crippen molar-refractivity contribution in [3.05, 3.63) is 234 Å². The Hall–Kier alpha value is -6.45. The van der Waals surface area contributed by atoms with Crippen molar-refractivity contribution >= 4 is 34.2 Å². The van der Waals surface area contributed by atoms with Gasteiger partial charge in [-0.1, -0.05) is 164 Å². The fourth-order valence-electron chi connectivity index (χ4n) is 5.55. The summed E-state index contributed by atoms with van der Waals surface area (Å²) < 4.78 is 0. The number of para-hydroxylation sites is 1. The van der Waals surface area contributed by atoms with Crippen LogP contribution in [0.15, 0.2) is 215 Å². The number of aliphatic imine (C=N–C) groups is 3. The van der Waals surface area contributed by atoms with E-state index >= 15 is 0 Å². The molecule has 3 nitrogen and oxygen atoms in total. The first-order valence-electron chi connectivity index (χ1n) is 16.0. The van der Waals surface area contributed by atoms with Crippen molar-refractivity contribution in [3.63, 3.8) is 0 Å². The molecule has 0 bridgehead atoms. The first kappa shape index (κ1) is 30.2. The van der Waals surface area contributed by atoms with E-state index in [0.29, 0.717) is 0 Å². The Bertz CT molecular complexity index is 2110. The van der Waals surface area contributed by atoms with Gasteiger partial charge in [0.05, 0.1) is 34.2 Å². The predicted molar refractivity (Wildman–Crippen MR) is 201 cm³/mol. The molecule has 7 rings (SSSR count). The second kappa shape index (κ2) is 14.8. The van der Waals surface area contributed by atoms with Gasteiger partial charge in [-0.25, -0.2) is 15.0 Å². The van der Waals surface area contributed by atoms with Gasteiger partial charge in [0.2, 0.25) is 0 Å². The lowest BCUT2D eigenvalue weighted by molar-refractivity contribution is 1.44. The van der Waals surface area contributed by atoms with Crippen LogP contribution < -0.4 is 0 Å². The number of benzene rings is 7. The zero-order valence-electron chi connectivity index (χ0n) is 26.4. The van der Waals surface area contributed by atoms with E-state index in [1.165, 1.54) is 0 Å². The molecule has 0 aliphatic rings. The van der Waals surface area contributed by atoms with Gasteiger partial charge in [0, 0.05) is 33.4 Å². The van der Waals surface area contributed by atoms with Crippen molar-refractivity contribution in [2.45, 2.75) is 0 Å². The molecule has 0 atom stereocenters. The van der Waals surface area contributed by atoms with E-state index in [1.807, 2.05) is 103 Å². The van der Waals surface area contributed by atoms with Crippen LogP contribution in [0.25, 0.3) is 0 Å². The number of hydrogen-bond donors (Lipinski definition) is 0. The van der Waals surface area contributed by atoms with Crippen molar-refractivity contribution in [3.8, 4) is 0 Å². The van der Waals surface area contributed by atoms with Crippen molar-refractivity contribution in [2.24, 2.45) is 15.0 Å². The summed E-state index contributed by atoms with van der Waals surface area (Å²) in [5.74, 6) is 0. The molecule has 0 spiro atoms. The minimum absolute atomic E-state index is 0.863. The molecule has 228 valence electrons. The largest absolute Gasteiger partial charge is 0.248 e. The van der Waals surface area contributed by atoms with Crippen molar-refractivity contribution in [1.82, 2.24) is 0 Å². The van der Waals surface area contributed by atoms with E-state index in [4.69, 9.17) is 15.0 Å². The Morgan fingerprint density at radius 1 is 0.208 bits per heavy atom. The molecule has 0 aliphatic heterocycles. The Balaban J connectivity index is 1.24. The van der Waals surface area contributed by atoms with Crippen LogP contribution in [-0.2, 0) is 0 Å². The zero-order chi connectivity index (χ0) is 32.4. The second-order valence-electron chi connectivity index (χ2n) is 11.3. The number of hydrogen-bond acceptors (Lipinski definition) is 3. The molecule has 48 heavy (non-hydrogen) atoms. The van der Waals surface area contributed by atoms with Gasteiger partial charge in [0.15, 0.2) is 0 Å². The van der Waals surface area contributed by atoms with Crippen LogP contribution in [0.5, 0.6) is 0 Å². The maximum absolute atomic E-state index is 5.18. The fraction of sp³-hybridized carbons (Fsp3) is 0. The first-order valence-corrected chi connectivity index (χ1v) is 16.0. The summed E-state index contributed by atoms with van der Waals surface area (Å²) in [6, 6.07) is 68.0. The van der Waals surface area contributed by atoms with Gasteiger partial charge in [0.1, 0.15) is 0 Å². The average molecular weight is 616 g/mol. The van der Waals surface area contributed by atoms with Gasteiger partial charge in [0.25, 0.3) is 0 Å². The molecule has 0 aromatic heterocycles. The van der Waals surface area contributed by atoms with E-state index in [9.17, 15) is 0 Å². The summed E-state index contributed by atoms with van der Waals surface area (Å²) in [5, 5.41) is 0. The van der Waals surface area contributed by atoms with Gasteiger partial charge in [-0.2, -0.15) is 0 Å². The van der Waals surface area contributed by atoms with E-state index < -0.39 is 0 Å². The minimum Gasteiger partial charge on any atom is -0.248 e. The quantitative estimate of drug-likeness (QED) is 0.145. The normalized spacial score (nSPS) is 11.6. The van der Waals surface area contributed by atoms with Crippen LogP contribution in [0.4, 0.5) is 17.1 Å². The molecule has 0 heterocycles. The predicted octanol–water partition coefficient (Wildman–Crippen LogP) is 11.2. The Morgan fingerprint density at radius 2 is 0.417 bits per heavy atom. The third-order valence-electron chi connectivity index (χ3n) is 7.95. The van der Waals surface area contributed by atoms with Crippen LogP contribution >= 0.6 is 0 Å². The molecule has 0 saturated carbocycles. The van der Waals surface area contributed by atoms with Crippen LogP contribution in [0.1, 0.15) is 33.4 Å². The number of nitrogens with zero attached hydrogens (tertiary/aromatic N) is 3.